The Labute approximate surface area is 157 Å². The van der Waals surface area contributed by atoms with Crippen LogP contribution in [0.15, 0.2) is 73.1 Å². The van der Waals surface area contributed by atoms with Gasteiger partial charge in [-0.1, -0.05) is 6.07 Å². The Morgan fingerprint density at radius 1 is 0.821 bits per heavy atom. The third-order valence-electron chi connectivity index (χ3n) is 3.32. The smallest absolute Gasteiger partial charge is 0.457 e. The van der Waals surface area contributed by atoms with Gasteiger partial charge in [-0.15, -0.1) is 13.2 Å². The number of pyridine rings is 1. The van der Waals surface area contributed by atoms with Crippen molar-refractivity contribution in [2.45, 2.75) is 6.36 Å². The first-order valence-corrected chi connectivity index (χ1v) is 7.99. The van der Waals surface area contributed by atoms with E-state index in [1.165, 1.54) is 12.1 Å². The topological polar surface area (TPSA) is 72.5 Å². The maximum absolute atomic E-state index is 12.3. The van der Waals surface area contributed by atoms with Gasteiger partial charge in [0.15, 0.2) is 0 Å². The second-order valence-electron chi connectivity index (χ2n) is 5.46. The van der Waals surface area contributed by atoms with Gasteiger partial charge >= 0.3 is 12.4 Å². The molecule has 0 spiro atoms. The number of aromatic nitrogens is 1. The van der Waals surface area contributed by atoms with Gasteiger partial charge in [0.1, 0.15) is 17.2 Å². The molecule has 2 N–H and O–H groups in total. The summed E-state index contributed by atoms with van der Waals surface area (Å²) in [7, 11) is 0. The molecule has 1 heterocycles. The Kier molecular flexibility index (Phi) is 5.64. The molecule has 0 atom stereocenters. The summed E-state index contributed by atoms with van der Waals surface area (Å²) in [4.78, 5) is 15.9. The highest BCUT2D eigenvalue weighted by Crippen LogP contribution is 2.25. The Bertz CT molecular complexity index is 932. The van der Waals surface area contributed by atoms with Crippen LogP contribution in [-0.4, -0.2) is 17.4 Å². The third-order valence-corrected chi connectivity index (χ3v) is 3.32. The third kappa shape index (κ3) is 5.90. The van der Waals surface area contributed by atoms with Gasteiger partial charge in [-0.05, 0) is 48.5 Å². The molecule has 9 heteroatoms. The summed E-state index contributed by atoms with van der Waals surface area (Å²) in [6.45, 7) is 0. The maximum Gasteiger partial charge on any atom is 0.573 e. The molecule has 0 aliphatic rings. The number of hydrogen-bond donors (Lipinski definition) is 2. The Hall–Kier alpha value is -3.75. The minimum atomic E-state index is -4.80. The van der Waals surface area contributed by atoms with Crippen LogP contribution >= 0.6 is 0 Å². The molecule has 0 bridgehead atoms. The van der Waals surface area contributed by atoms with Crippen molar-refractivity contribution in [3.63, 3.8) is 0 Å². The lowest BCUT2D eigenvalue weighted by atomic mass is 10.3. The second-order valence-corrected chi connectivity index (χ2v) is 5.46. The lowest BCUT2D eigenvalue weighted by Gasteiger charge is -2.11. The van der Waals surface area contributed by atoms with E-state index in [2.05, 4.69) is 20.4 Å². The van der Waals surface area contributed by atoms with Gasteiger partial charge in [0.25, 0.3) is 0 Å². The maximum atomic E-state index is 12.3. The summed E-state index contributed by atoms with van der Waals surface area (Å²) in [6, 6.07) is 14.3. The molecule has 0 unspecified atom stereocenters. The summed E-state index contributed by atoms with van der Waals surface area (Å²) >= 11 is 0. The van der Waals surface area contributed by atoms with Gasteiger partial charge in [-0.3, -0.25) is 4.98 Å². The van der Waals surface area contributed by atoms with E-state index in [9.17, 15) is 18.0 Å². The first-order valence-electron chi connectivity index (χ1n) is 7.99. The van der Waals surface area contributed by atoms with E-state index in [0.717, 1.165) is 12.1 Å². The van der Waals surface area contributed by atoms with Crippen LogP contribution in [-0.2, 0) is 0 Å². The van der Waals surface area contributed by atoms with Crippen molar-refractivity contribution in [2.75, 3.05) is 10.6 Å². The molecule has 3 rings (SSSR count). The molecule has 3 aromatic rings. The zero-order valence-corrected chi connectivity index (χ0v) is 14.2. The molecule has 0 fully saturated rings. The lowest BCUT2D eigenvalue weighted by Crippen LogP contribution is -2.20. The fourth-order valence-corrected chi connectivity index (χ4v) is 2.21. The zero-order chi connectivity index (χ0) is 20.0. The fraction of sp³-hybridized carbons (Fsp3) is 0.0526. The predicted molar refractivity (Wildman–Crippen MR) is 96.5 cm³/mol. The van der Waals surface area contributed by atoms with E-state index >= 15 is 0 Å². The van der Waals surface area contributed by atoms with Crippen molar-refractivity contribution in [3.05, 3.63) is 73.1 Å². The van der Waals surface area contributed by atoms with Crippen LogP contribution in [0.4, 0.5) is 29.3 Å². The van der Waals surface area contributed by atoms with Crippen LogP contribution in [0.1, 0.15) is 0 Å². The molecule has 0 saturated carbocycles. The molecule has 0 saturated heterocycles. The zero-order valence-electron chi connectivity index (χ0n) is 14.2. The first kappa shape index (κ1) is 19.0. The fourth-order valence-electron chi connectivity index (χ4n) is 2.21. The number of hydrogen-bond acceptors (Lipinski definition) is 4. The number of carbonyl (C=O) groups is 1. The van der Waals surface area contributed by atoms with E-state index < -0.39 is 18.1 Å². The van der Waals surface area contributed by atoms with Crippen molar-refractivity contribution < 1.29 is 27.4 Å². The normalized spacial score (nSPS) is 10.8. The van der Waals surface area contributed by atoms with Gasteiger partial charge in [0.05, 0.1) is 0 Å². The molecule has 2 amide bonds. The Morgan fingerprint density at radius 3 is 2.14 bits per heavy atom. The number of halogens is 3. The number of carbonyl (C=O) groups excluding carboxylic acids is 1. The number of ether oxygens (including phenoxy) is 2. The first-order chi connectivity index (χ1) is 13.4. The summed E-state index contributed by atoms with van der Waals surface area (Å²) in [5.41, 5.74) is 0.624. The standard InChI is InChI=1S/C19H14F3N3O3/c20-19(21,22)28-17-3-1-2-14(12-17)25-18(26)24-13-4-6-15(7-5-13)27-16-8-10-23-11-9-16/h1-12H,(H2,24,25,26). The Morgan fingerprint density at radius 2 is 1.46 bits per heavy atom. The van der Waals surface area contributed by atoms with Gasteiger partial charge in [0.2, 0.25) is 0 Å². The van der Waals surface area contributed by atoms with E-state index in [0.29, 0.717) is 17.2 Å². The number of amides is 2. The highest BCUT2D eigenvalue weighted by Gasteiger charge is 2.31. The molecule has 0 aliphatic carbocycles. The van der Waals surface area contributed by atoms with Crippen molar-refractivity contribution in [2.24, 2.45) is 0 Å². The lowest BCUT2D eigenvalue weighted by molar-refractivity contribution is -0.274. The highest BCUT2D eigenvalue weighted by molar-refractivity contribution is 5.99. The van der Waals surface area contributed by atoms with Crippen LogP contribution in [0.5, 0.6) is 17.2 Å². The SMILES string of the molecule is O=C(Nc1ccc(Oc2ccncc2)cc1)Nc1cccc(OC(F)(F)F)c1. The van der Waals surface area contributed by atoms with E-state index in [1.807, 2.05) is 0 Å². The number of nitrogens with zero attached hydrogens (tertiary/aromatic N) is 1. The van der Waals surface area contributed by atoms with Gasteiger partial charge in [-0.25, -0.2) is 4.79 Å². The number of rotatable bonds is 5. The second kappa shape index (κ2) is 8.30. The number of alkyl halides is 3. The minimum Gasteiger partial charge on any atom is -0.457 e. The molecule has 0 radical (unpaired) electrons. The van der Waals surface area contributed by atoms with E-state index in [4.69, 9.17) is 4.74 Å². The average molecular weight is 389 g/mol. The summed E-state index contributed by atoms with van der Waals surface area (Å²) in [5.74, 6) is 0.756. The van der Waals surface area contributed by atoms with Crippen molar-refractivity contribution in [1.82, 2.24) is 4.98 Å². The summed E-state index contributed by atoms with van der Waals surface area (Å²) < 4.78 is 46.2. The van der Waals surface area contributed by atoms with E-state index in [-0.39, 0.29) is 5.69 Å². The van der Waals surface area contributed by atoms with Crippen molar-refractivity contribution in [1.29, 1.82) is 0 Å². The number of anilines is 2. The van der Waals surface area contributed by atoms with Crippen LogP contribution in [0.2, 0.25) is 0 Å². The summed E-state index contributed by atoms with van der Waals surface area (Å²) in [5, 5.41) is 5.01. The molecule has 6 nitrogen and oxygen atoms in total. The number of urea groups is 1. The summed E-state index contributed by atoms with van der Waals surface area (Å²) in [6.07, 6.45) is -1.60. The number of nitrogens with one attached hydrogen (secondary N) is 2. The molecule has 144 valence electrons. The highest BCUT2D eigenvalue weighted by atomic mass is 19.4. The van der Waals surface area contributed by atoms with Crippen molar-refractivity contribution >= 4 is 17.4 Å². The van der Waals surface area contributed by atoms with E-state index in [1.54, 1.807) is 48.8 Å². The predicted octanol–water partition coefficient (Wildman–Crippen LogP) is 5.42. The molecule has 1 aromatic heterocycles. The van der Waals surface area contributed by atoms with Crippen LogP contribution in [0.25, 0.3) is 0 Å². The molecular formula is C19H14F3N3O3. The van der Waals surface area contributed by atoms with Crippen LogP contribution in [0, 0.1) is 0 Å². The molecule has 0 aliphatic heterocycles. The van der Waals surface area contributed by atoms with Gasteiger partial charge < -0.3 is 20.1 Å². The van der Waals surface area contributed by atoms with Crippen LogP contribution < -0.4 is 20.1 Å². The van der Waals surface area contributed by atoms with Crippen molar-refractivity contribution in [3.8, 4) is 17.2 Å². The molecule has 28 heavy (non-hydrogen) atoms. The molecular weight excluding hydrogens is 375 g/mol. The van der Waals surface area contributed by atoms with Gasteiger partial charge in [-0.2, -0.15) is 0 Å². The average Bonchev–Trinajstić information content (AvgIpc) is 2.63. The molecule has 2 aromatic carbocycles. The quantitative estimate of drug-likeness (QED) is 0.611. The van der Waals surface area contributed by atoms with Crippen LogP contribution in [0.3, 0.4) is 0 Å². The van der Waals surface area contributed by atoms with Gasteiger partial charge in [0, 0.05) is 29.8 Å². The monoisotopic (exact) mass is 389 g/mol. The largest absolute Gasteiger partial charge is 0.573 e. The number of benzene rings is 2. The Balaban J connectivity index is 1.57. The minimum absolute atomic E-state index is 0.150.